The minimum absolute atomic E-state index is 0.120. The van der Waals surface area contributed by atoms with Crippen LogP contribution in [0.2, 0.25) is 0 Å². The van der Waals surface area contributed by atoms with Gasteiger partial charge in [-0.3, -0.25) is 4.79 Å². The lowest BCUT2D eigenvalue weighted by atomic mass is 10.1. The summed E-state index contributed by atoms with van der Waals surface area (Å²) in [5.74, 6) is -0.120. The minimum atomic E-state index is -0.120. The number of amides is 1. The van der Waals surface area contributed by atoms with Gasteiger partial charge in [-0.25, -0.2) is 0 Å². The van der Waals surface area contributed by atoms with Crippen LogP contribution in [0.3, 0.4) is 0 Å². The molecule has 0 heterocycles. The molecule has 0 bridgehead atoms. The van der Waals surface area contributed by atoms with Crippen LogP contribution in [0.1, 0.15) is 21.5 Å². The van der Waals surface area contributed by atoms with Gasteiger partial charge in [-0.2, -0.15) is 0 Å². The molecule has 0 aromatic heterocycles. The Bertz CT molecular complexity index is 898. The molecular formula is C22H21N3OS. The van der Waals surface area contributed by atoms with Crippen molar-refractivity contribution in [1.82, 2.24) is 10.6 Å². The van der Waals surface area contributed by atoms with Gasteiger partial charge in [-0.1, -0.05) is 66.7 Å². The zero-order valence-corrected chi connectivity index (χ0v) is 15.6. The van der Waals surface area contributed by atoms with Crippen molar-refractivity contribution in [2.75, 3.05) is 5.32 Å². The van der Waals surface area contributed by atoms with Crippen molar-refractivity contribution in [2.24, 2.45) is 0 Å². The molecule has 4 nitrogen and oxygen atoms in total. The molecule has 0 spiro atoms. The average molecular weight is 375 g/mol. The van der Waals surface area contributed by atoms with E-state index in [4.69, 9.17) is 12.2 Å². The Morgan fingerprint density at radius 2 is 1.33 bits per heavy atom. The summed E-state index contributed by atoms with van der Waals surface area (Å²) in [6, 6.07) is 27.1. The molecule has 0 saturated heterocycles. The molecule has 0 aliphatic carbocycles. The first-order chi connectivity index (χ1) is 13.2. The molecular weight excluding hydrogens is 354 g/mol. The summed E-state index contributed by atoms with van der Waals surface area (Å²) in [7, 11) is 0. The van der Waals surface area contributed by atoms with Crippen LogP contribution in [0.25, 0.3) is 0 Å². The van der Waals surface area contributed by atoms with Gasteiger partial charge in [0, 0.05) is 24.3 Å². The van der Waals surface area contributed by atoms with Crippen molar-refractivity contribution in [3.05, 3.63) is 102 Å². The number of hydrogen-bond donors (Lipinski definition) is 3. The zero-order valence-electron chi connectivity index (χ0n) is 14.8. The second kappa shape index (κ2) is 9.50. The smallest absolute Gasteiger partial charge is 0.251 e. The van der Waals surface area contributed by atoms with Crippen molar-refractivity contribution >= 4 is 28.9 Å². The summed E-state index contributed by atoms with van der Waals surface area (Å²) in [4.78, 5) is 12.4. The Morgan fingerprint density at radius 3 is 1.96 bits per heavy atom. The third-order valence-electron chi connectivity index (χ3n) is 3.97. The highest BCUT2D eigenvalue weighted by Crippen LogP contribution is 2.11. The van der Waals surface area contributed by atoms with E-state index >= 15 is 0 Å². The molecule has 0 saturated carbocycles. The second-order valence-corrected chi connectivity index (χ2v) is 6.45. The van der Waals surface area contributed by atoms with Crippen molar-refractivity contribution in [2.45, 2.75) is 13.1 Å². The number of carbonyl (C=O) groups is 1. The van der Waals surface area contributed by atoms with Gasteiger partial charge >= 0.3 is 0 Å². The van der Waals surface area contributed by atoms with E-state index in [1.165, 1.54) is 0 Å². The molecule has 1 amide bonds. The van der Waals surface area contributed by atoms with Crippen LogP contribution in [-0.4, -0.2) is 11.0 Å². The van der Waals surface area contributed by atoms with Gasteiger partial charge < -0.3 is 16.0 Å². The molecule has 3 rings (SSSR count). The van der Waals surface area contributed by atoms with Crippen LogP contribution in [0.4, 0.5) is 5.69 Å². The lowest BCUT2D eigenvalue weighted by Crippen LogP contribution is -2.28. The van der Waals surface area contributed by atoms with Crippen molar-refractivity contribution < 1.29 is 4.79 Å². The van der Waals surface area contributed by atoms with E-state index in [1.54, 1.807) is 12.1 Å². The van der Waals surface area contributed by atoms with Crippen LogP contribution in [-0.2, 0) is 13.1 Å². The fourth-order valence-corrected chi connectivity index (χ4v) is 2.76. The van der Waals surface area contributed by atoms with E-state index in [9.17, 15) is 4.79 Å². The van der Waals surface area contributed by atoms with Crippen LogP contribution in [0, 0.1) is 0 Å². The van der Waals surface area contributed by atoms with E-state index in [-0.39, 0.29) is 5.91 Å². The van der Waals surface area contributed by atoms with Crippen LogP contribution >= 0.6 is 12.2 Å². The molecule has 136 valence electrons. The second-order valence-electron chi connectivity index (χ2n) is 6.04. The monoisotopic (exact) mass is 375 g/mol. The number of nitrogens with one attached hydrogen (secondary N) is 3. The van der Waals surface area contributed by atoms with Gasteiger partial charge in [-0.05, 0) is 41.5 Å². The van der Waals surface area contributed by atoms with Gasteiger partial charge in [0.05, 0.1) is 0 Å². The number of thiocarbonyl (C=S) groups is 1. The van der Waals surface area contributed by atoms with E-state index in [0.717, 1.165) is 16.8 Å². The molecule has 0 atom stereocenters. The first kappa shape index (κ1) is 18.6. The first-order valence-corrected chi connectivity index (χ1v) is 9.12. The highest BCUT2D eigenvalue weighted by Gasteiger charge is 2.07. The fraction of sp³-hybridized carbons (Fsp3) is 0.0909. The maximum Gasteiger partial charge on any atom is 0.251 e. The van der Waals surface area contributed by atoms with Crippen molar-refractivity contribution in [1.29, 1.82) is 0 Å². The standard InChI is InChI=1S/C22H21N3OS/c26-21(23-15-17-8-3-1-4-9-17)19-12-7-13-20(14-19)25-22(27)24-16-18-10-5-2-6-11-18/h1-14H,15-16H2,(H,23,26)(H2,24,25,27). The molecule has 0 fully saturated rings. The fourth-order valence-electron chi connectivity index (χ4n) is 2.57. The molecule has 27 heavy (non-hydrogen) atoms. The summed E-state index contributed by atoms with van der Waals surface area (Å²) < 4.78 is 0. The quantitative estimate of drug-likeness (QED) is 0.568. The predicted octanol–water partition coefficient (Wildman–Crippen LogP) is 4.10. The predicted molar refractivity (Wildman–Crippen MR) is 114 cm³/mol. The number of rotatable bonds is 6. The Kier molecular flexibility index (Phi) is 6.55. The third kappa shape index (κ3) is 5.94. The van der Waals surface area contributed by atoms with Gasteiger partial charge in [0.1, 0.15) is 0 Å². The number of hydrogen-bond acceptors (Lipinski definition) is 2. The Morgan fingerprint density at radius 1 is 0.741 bits per heavy atom. The van der Waals surface area contributed by atoms with Crippen molar-refractivity contribution in [3.8, 4) is 0 Å². The van der Waals surface area contributed by atoms with E-state index in [0.29, 0.717) is 23.8 Å². The lowest BCUT2D eigenvalue weighted by Gasteiger charge is -2.12. The Balaban J connectivity index is 1.53. The highest BCUT2D eigenvalue weighted by molar-refractivity contribution is 7.80. The van der Waals surface area contributed by atoms with E-state index < -0.39 is 0 Å². The molecule has 3 N–H and O–H groups in total. The Labute approximate surface area is 164 Å². The largest absolute Gasteiger partial charge is 0.358 e. The summed E-state index contributed by atoms with van der Waals surface area (Å²) >= 11 is 5.34. The topological polar surface area (TPSA) is 53.2 Å². The molecule has 0 unspecified atom stereocenters. The summed E-state index contributed by atoms with van der Waals surface area (Å²) in [6.07, 6.45) is 0. The summed E-state index contributed by atoms with van der Waals surface area (Å²) in [5, 5.41) is 9.73. The first-order valence-electron chi connectivity index (χ1n) is 8.72. The van der Waals surface area contributed by atoms with E-state index in [1.807, 2.05) is 72.8 Å². The summed E-state index contributed by atoms with van der Waals surface area (Å²) in [5.41, 5.74) is 3.57. The molecule has 3 aromatic carbocycles. The molecule has 0 aliphatic heterocycles. The molecule has 3 aromatic rings. The molecule has 0 aliphatic rings. The van der Waals surface area contributed by atoms with Crippen molar-refractivity contribution in [3.63, 3.8) is 0 Å². The normalized spacial score (nSPS) is 10.1. The summed E-state index contributed by atoms with van der Waals surface area (Å²) in [6.45, 7) is 1.14. The third-order valence-corrected chi connectivity index (χ3v) is 4.22. The Hall–Kier alpha value is -3.18. The maximum absolute atomic E-state index is 12.4. The highest BCUT2D eigenvalue weighted by atomic mass is 32.1. The number of carbonyl (C=O) groups excluding carboxylic acids is 1. The van der Waals surface area contributed by atoms with Crippen LogP contribution in [0.15, 0.2) is 84.9 Å². The van der Waals surface area contributed by atoms with Crippen LogP contribution < -0.4 is 16.0 Å². The van der Waals surface area contributed by atoms with Gasteiger partial charge in [0.15, 0.2) is 5.11 Å². The van der Waals surface area contributed by atoms with Crippen LogP contribution in [0.5, 0.6) is 0 Å². The molecule has 0 radical (unpaired) electrons. The zero-order chi connectivity index (χ0) is 18.9. The number of benzene rings is 3. The van der Waals surface area contributed by atoms with E-state index in [2.05, 4.69) is 16.0 Å². The maximum atomic E-state index is 12.4. The van der Waals surface area contributed by atoms with Gasteiger partial charge in [0.2, 0.25) is 0 Å². The number of anilines is 1. The average Bonchev–Trinajstić information content (AvgIpc) is 2.72. The van der Waals surface area contributed by atoms with Gasteiger partial charge in [-0.15, -0.1) is 0 Å². The lowest BCUT2D eigenvalue weighted by molar-refractivity contribution is 0.0951. The molecule has 5 heteroatoms. The van der Waals surface area contributed by atoms with Gasteiger partial charge in [0.25, 0.3) is 5.91 Å². The SMILES string of the molecule is O=C(NCc1ccccc1)c1cccc(NC(=S)NCc2ccccc2)c1. The minimum Gasteiger partial charge on any atom is -0.358 e.